The fourth-order valence-corrected chi connectivity index (χ4v) is 1.87. The highest BCUT2D eigenvalue weighted by molar-refractivity contribution is 5.92. The Kier molecular flexibility index (Phi) is 14.3. The Morgan fingerprint density at radius 1 is 1.09 bits per heavy atom. The van der Waals surface area contributed by atoms with Crippen molar-refractivity contribution in [2.45, 2.75) is 79.7 Å². The molecule has 1 N–H and O–H groups in total. The summed E-state index contributed by atoms with van der Waals surface area (Å²) >= 11 is 0. The summed E-state index contributed by atoms with van der Waals surface area (Å²) < 4.78 is 0. The third kappa shape index (κ3) is 12.5. The lowest BCUT2D eigenvalue weighted by molar-refractivity contribution is -0.117. The minimum atomic E-state index is -0.286. The second-order valence-corrected chi connectivity index (χ2v) is 5.46. The monoisotopic (exact) mass is 322 g/mol. The van der Waals surface area contributed by atoms with Crippen LogP contribution in [0.25, 0.3) is 0 Å². The van der Waals surface area contributed by atoms with Crippen LogP contribution in [0, 0.1) is 0 Å². The average molecular weight is 322 g/mol. The lowest BCUT2D eigenvalue weighted by Crippen LogP contribution is -2.43. The normalized spacial score (nSPS) is 9.70. The van der Waals surface area contributed by atoms with Gasteiger partial charge in [-0.2, -0.15) is 0 Å². The second kappa shape index (κ2) is 13.9. The molecule has 0 bridgehead atoms. The Labute approximate surface area is 142 Å². The maximum absolute atomic E-state index is 12.0. The van der Waals surface area contributed by atoms with E-state index in [1.807, 2.05) is 41.5 Å². The molecule has 0 radical (unpaired) electrons. The summed E-state index contributed by atoms with van der Waals surface area (Å²) in [5.74, 6) is 0.0625. The lowest BCUT2D eigenvalue weighted by Gasteiger charge is -2.26. The van der Waals surface area contributed by atoms with Gasteiger partial charge in [0.2, 0.25) is 0 Å². The SMILES string of the molecule is CC.CC.CC(=O)CCCCC(C)(C)NC(=O)c1ccccn1. The number of nitrogens with zero attached hydrogens (tertiary/aromatic N) is 1. The first-order chi connectivity index (χ1) is 10.9. The highest BCUT2D eigenvalue weighted by Crippen LogP contribution is 2.14. The van der Waals surface area contributed by atoms with Crippen LogP contribution in [0.3, 0.4) is 0 Å². The van der Waals surface area contributed by atoms with Gasteiger partial charge in [0.1, 0.15) is 11.5 Å². The summed E-state index contributed by atoms with van der Waals surface area (Å²) in [5.41, 5.74) is 0.144. The van der Waals surface area contributed by atoms with Crippen molar-refractivity contribution in [2.75, 3.05) is 0 Å². The van der Waals surface area contributed by atoms with Crippen LogP contribution in [0.2, 0.25) is 0 Å². The zero-order chi connectivity index (χ0) is 18.3. The van der Waals surface area contributed by atoms with Crippen molar-refractivity contribution in [3.05, 3.63) is 30.1 Å². The third-order valence-electron chi connectivity index (χ3n) is 2.93. The molecule has 1 heterocycles. The molecule has 4 heteroatoms. The minimum Gasteiger partial charge on any atom is -0.346 e. The topological polar surface area (TPSA) is 59.1 Å². The minimum absolute atomic E-state index is 0.155. The van der Waals surface area contributed by atoms with Crippen LogP contribution in [0.1, 0.15) is 84.6 Å². The molecule has 1 rings (SSSR count). The summed E-state index contributed by atoms with van der Waals surface area (Å²) in [4.78, 5) is 26.9. The van der Waals surface area contributed by atoms with Crippen molar-refractivity contribution in [1.82, 2.24) is 10.3 Å². The summed E-state index contributed by atoms with van der Waals surface area (Å²) in [7, 11) is 0. The van der Waals surface area contributed by atoms with Crippen molar-refractivity contribution in [3.8, 4) is 0 Å². The van der Waals surface area contributed by atoms with E-state index in [0.717, 1.165) is 19.3 Å². The number of carbonyl (C=O) groups excluding carboxylic acids is 2. The maximum Gasteiger partial charge on any atom is 0.270 e. The zero-order valence-electron chi connectivity index (χ0n) is 15.9. The van der Waals surface area contributed by atoms with E-state index in [2.05, 4.69) is 10.3 Å². The van der Waals surface area contributed by atoms with E-state index >= 15 is 0 Å². The molecule has 0 aliphatic rings. The van der Waals surface area contributed by atoms with Gasteiger partial charge in [0.05, 0.1) is 0 Å². The molecule has 0 atom stereocenters. The molecule has 0 unspecified atom stereocenters. The fourth-order valence-electron chi connectivity index (χ4n) is 1.87. The lowest BCUT2D eigenvalue weighted by atomic mass is 9.96. The van der Waals surface area contributed by atoms with Gasteiger partial charge in [-0.3, -0.25) is 9.78 Å². The molecule has 1 amide bonds. The number of rotatable bonds is 7. The van der Waals surface area contributed by atoms with Gasteiger partial charge in [-0.1, -0.05) is 40.2 Å². The largest absolute Gasteiger partial charge is 0.346 e. The molecule has 1 aromatic rings. The molecule has 0 saturated heterocycles. The Morgan fingerprint density at radius 2 is 1.70 bits per heavy atom. The van der Waals surface area contributed by atoms with Crippen LogP contribution in [-0.4, -0.2) is 22.2 Å². The van der Waals surface area contributed by atoms with Crippen LogP contribution in [0.5, 0.6) is 0 Å². The molecule has 4 nitrogen and oxygen atoms in total. The van der Waals surface area contributed by atoms with Crippen molar-refractivity contribution < 1.29 is 9.59 Å². The molecule has 1 aromatic heterocycles. The number of unbranched alkanes of at least 4 members (excludes halogenated alkanes) is 1. The van der Waals surface area contributed by atoms with Crippen LogP contribution < -0.4 is 5.32 Å². The van der Waals surface area contributed by atoms with E-state index in [0.29, 0.717) is 12.1 Å². The van der Waals surface area contributed by atoms with Gasteiger partial charge in [-0.15, -0.1) is 0 Å². The number of nitrogens with one attached hydrogen (secondary N) is 1. The summed E-state index contributed by atoms with van der Waals surface area (Å²) in [6.07, 6.45) is 4.87. The van der Waals surface area contributed by atoms with Gasteiger partial charge in [0.25, 0.3) is 5.91 Å². The molecule has 0 aliphatic heterocycles. The van der Waals surface area contributed by atoms with Gasteiger partial charge in [-0.05, 0) is 45.7 Å². The third-order valence-corrected chi connectivity index (χ3v) is 2.93. The number of hydrogen-bond acceptors (Lipinski definition) is 3. The molecule has 0 spiro atoms. The summed E-state index contributed by atoms with van der Waals surface area (Å²) in [6.45, 7) is 13.6. The fraction of sp³-hybridized carbons (Fsp3) is 0.632. The number of Topliss-reactive ketones (excluding diaryl/α,β-unsaturated/α-hetero) is 1. The van der Waals surface area contributed by atoms with Gasteiger partial charge in [0.15, 0.2) is 0 Å². The number of pyridine rings is 1. The first-order valence-corrected chi connectivity index (χ1v) is 8.64. The Balaban J connectivity index is 0. The molecule has 0 fully saturated rings. The maximum atomic E-state index is 12.0. The molecule has 0 aliphatic carbocycles. The first kappa shape index (κ1) is 23.6. The smallest absolute Gasteiger partial charge is 0.270 e. The van der Waals surface area contributed by atoms with Crippen molar-refractivity contribution in [2.24, 2.45) is 0 Å². The van der Waals surface area contributed by atoms with E-state index < -0.39 is 0 Å². The van der Waals surface area contributed by atoms with Crippen molar-refractivity contribution in [3.63, 3.8) is 0 Å². The standard InChI is InChI=1S/C15H22N2O2.2C2H6/c1-12(18)8-4-6-10-15(2,3)17-14(19)13-9-5-7-11-16-13;2*1-2/h5,7,9,11H,4,6,8,10H2,1-3H3,(H,17,19);2*1-2H3. The van der Waals surface area contributed by atoms with E-state index in [4.69, 9.17) is 0 Å². The van der Waals surface area contributed by atoms with Crippen LogP contribution in [0.15, 0.2) is 24.4 Å². The summed E-state index contributed by atoms with van der Waals surface area (Å²) in [5, 5.41) is 2.97. The number of carbonyl (C=O) groups is 2. The average Bonchev–Trinajstić information content (AvgIpc) is 2.56. The first-order valence-electron chi connectivity index (χ1n) is 8.64. The number of amides is 1. The number of hydrogen-bond donors (Lipinski definition) is 1. The van der Waals surface area contributed by atoms with Gasteiger partial charge < -0.3 is 10.1 Å². The van der Waals surface area contributed by atoms with E-state index in [9.17, 15) is 9.59 Å². The second-order valence-electron chi connectivity index (χ2n) is 5.46. The number of ketones is 1. The van der Waals surface area contributed by atoms with Crippen molar-refractivity contribution in [1.29, 1.82) is 0 Å². The molecule has 0 saturated carbocycles. The molecular weight excluding hydrogens is 288 g/mol. The van der Waals surface area contributed by atoms with Crippen LogP contribution >= 0.6 is 0 Å². The van der Waals surface area contributed by atoms with Gasteiger partial charge in [-0.25, -0.2) is 0 Å². The Morgan fingerprint density at radius 3 is 2.17 bits per heavy atom. The van der Waals surface area contributed by atoms with Gasteiger partial charge in [0, 0.05) is 18.2 Å². The predicted molar refractivity (Wildman–Crippen MR) is 97.6 cm³/mol. The molecular formula is C19H34N2O2. The highest BCUT2D eigenvalue weighted by Gasteiger charge is 2.21. The summed E-state index contributed by atoms with van der Waals surface area (Å²) in [6, 6.07) is 5.27. The Hall–Kier alpha value is -1.71. The van der Waals surface area contributed by atoms with Crippen molar-refractivity contribution >= 4 is 11.7 Å². The van der Waals surface area contributed by atoms with E-state index in [1.54, 1.807) is 31.3 Å². The van der Waals surface area contributed by atoms with Crippen LogP contribution in [0.4, 0.5) is 0 Å². The quantitative estimate of drug-likeness (QED) is 0.734. The zero-order valence-corrected chi connectivity index (χ0v) is 15.9. The van der Waals surface area contributed by atoms with Gasteiger partial charge >= 0.3 is 0 Å². The molecule has 0 aromatic carbocycles. The molecule has 23 heavy (non-hydrogen) atoms. The Bertz CT molecular complexity index is 428. The van der Waals surface area contributed by atoms with E-state index in [-0.39, 0.29) is 17.2 Å². The van der Waals surface area contributed by atoms with E-state index in [1.165, 1.54) is 0 Å². The van der Waals surface area contributed by atoms with Crippen LogP contribution in [-0.2, 0) is 4.79 Å². The highest BCUT2D eigenvalue weighted by atomic mass is 16.2. The number of aromatic nitrogens is 1. The predicted octanol–water partition coefficient (Wildman–Crippen LogP) is 4.79. The molecule has 132 valence electrons.